The van der Waals surface area contributed by atoms with E-state index in [1.165, 1.54) is 12.1 Å². The third-order valence-corrected chi connectivity index (χ3v) is 2.35. The van der Waals surface area contributed by atoms with Crippen molar-refractivity contribution in [3.8, 4) is 5.75 Å². The van der Waals surface area contributed by atoms with Gasteiger partial charge in [0.15, 0.2) is 0 Å². The second kappa shape index (κ2) is 5.82. The lowest BCUT2D eigenvalue weighted by Crippen LogP contribution is -1.91. The quantitative estimate of drug-likeness (QED) is 0.661. The second-order valence-corrected chi connectivity index (χ2v) is 3.65. The zero-order chi connectivity index (χ0) is 12.8. The van der Waals surface area contributed by atoms with Crippen LogP contribution in [0.3, 0.4) is 0 Å². The van der Waals surface area contributed by atoms with Crippen LogP contribution >= 0.6 is 0 Å². The Morgan fingerprint density at radius 2 is 1.94 bits per heavy atom. The van der Waals surface area contributed by atoms with E-state index in [1.807, 2.05) is 24.3 Å². The summed E-state index contributed by atoms with van der Waals surface area (Å²) in [6.07, 6.45) is 1.67. The fourth-order valence-electron chi connectivity index (χ4n) is 1.43. The van der Waals surface area contributed by atoms with Gasteiger partial charge in [-0.15, -0.1) is 0 Å². The van der Waals surface area contributed by atoms with Crippen molar-refractivity contribution in [1.29, 1.82) is 0 Å². The highest BCUT2D eigenvalue weighted by Gasteiger charge is 1.93. The van der Waals surface area contributed by atoms with Gasteiger partial charge in [0.05, 0.1) is 19.0 Å². The van der Waals surface area contributed by atoms with E-state index in [4.69, 9.17) is 4.74 Å². The van der Waals surface area contributed by atoms with Crippen LogP contribution in [-0.4, -0.2) is 13.3 Å². The minimum Gasteiger partial charge on any atom is -0.497 e. The van der Waals surface area contributed by atoms with Gasteiger partial charge in [-0.25, -0.2) is 4.39 Å². The van der Waals surface area contributed by atoms with E-state index in [0.717, 1.165) is 17.0 Å². The number of halogens is 1. The normalized spacial score (nSPS) is 10.6. The van der Waals surface area contributed by atoms with Crippen molar-refractivity contribution < 1.29 is 9.13 Å². The number of anilines is 1. The molecule has 0 aliphatic carbocycles. The maximum atomic E-state index is 12.7. The first-order chi connectivity index (χ1) is 8.78. The van der Waals surface area contributed by atoms with Crippen molar-refractivity contribution in [3.05, 3.63) is 59.9 Å². The monoisotopic (exact) mass is 244 g/mol. The highest BCUT2D eigenvalue weighted by molar-refractivity contribution is 5.80. The Labute approximate surface area is 105 Å². The highest BCUT2D eigenvalue weighted by atomic mass is 19.1. The van der Waals surface area contributed by atoms with Gasteiger partial charge in [-0.2, -0.15) is 5.10 Å². The van der Waals surface area contributed by atoms with E-state index in [-0.39, 0.29) is 5.82 Å². The van der Waals surface area contributed by atoms with Crippen molar-refractivity contribution in [2.45, 2.75) is 0 Å². The summed E-state index contributed by atoms with van der Waals surface area (Å²) in [5.41, 5.74) is 4.47. The average molecular weight is 244 g/mol. The van der Waals surface area contributed by atoms with Gasteiger partial charge in [0.25, 0.3) is 0 Å². The Kier molecular flexibility index (Phi) is 3.91. The molecular formula is C14H13FN2O. The first-order valence-electron chi connectivity index (χ1n) is 5.46. The number of benzene rings is 2. The molecule has 0 aliphatic heterocycles. The SMILES string of the molecule is COc1cccc(/C=N\Nc2ccc(F)cc2)c1. The summed E-state index contributed by atoms with van der Waals surface area (Å²) < 4.78 is 17.8. The number of rotatable bonds is 4. The van der Waals surface area contributed by atoms with Crippen LogP contribution in [0.2, 0.25) is 0 Å². The molecule has 0 amide bonds. The Morgan fingerprint density at radius 3 is 2.67 bits per heavy atom. The van der Waals surface area contributed by atoms with E-state index in [9.17, 15) is 4.39 Å². The van der Waals surface area contributed by atoms with Gasteiger partial charge in [0.1, 0.15) is 11.6 Å². The van der Waals surface area contributed by atoms with E-state index in [1.54, 1.807) is 25.5 Å². The van der Waals surface area contributed by atoms with Crippen LogP contribution in [0.4, 0.5) is 10.1 Å². The number of ether oxygens (including phenoxy) is 1. The van der Waals surface area contributed by atoms with Crippen LogP contribution in [-0.2, 0) is 0 Å². The van der Waals surface area contributed by atoms with Gasteiger partial charge >= 0.3 is 0 Å². The molecule has 3 nitrogen and oxygen atoms in total. The summed E-state index contributed by atoms with van der Waals surface area (Å²) in [5, 5.41) is 4.06. The van der Waals surface area contributed by atoms with E-state index in [0.29, 0.717) is 0 Å². The Hall–Kier alpha value is -2.36. The van der Waals surface area contributed by atoms with Crippen LogP contribution < -0.4 is 10.2 Å². The molecular weight excluding hydrogens is 231 g/mol. The Balaban J connectivity index is 2.00. The molecule has 0 saturated carbocycles. The molecule has 2 rings (SSSR count). The van der Waals surface area contributed by atoms with E-state index < -0.39 is 0 Å². The molecule has 0 fully saturated rings. The van der Waals surface area contributed by atoms with Crippen LogP contribution in [0, 0.1) is 5.82 Å². The number of methoxy groups -OCH3 is 1. The largest absolute Gasteiger partial charge is 0.497 e. The fraction of sp³-hybridized carbons (Fsp3) is 0.0714. The predicted octanol–water partition coefficient (Wildman–Crippen LogP) is 3.28. The lowest BCUT2D eigenvalue weighted by molar-refractivity contribution is 0.415. The third-order valence-electron chi connectivity index (χ3n) is 2.35. The Morgan fingerprint density at radius 1 is 1.17 bits per heavy atom. The highest BCUT2D eigenvalue weighted by Crippen LogP contribution is 2.11. The first kappa shape index (κ1) is 12.1. The minimum absolute atomic E-state index is 0.266. The minimum atomic E-state index is -0.266. The molecule has 0 radical (unpaired) electrons. The smallest absolute Gasteiger partial charge is 0.123 e. The topological polar surface area (TPSA) is 33.6 Å². The standard InChI is InChI=1S/C14H13FN2O/c1-18-14-4-2-3-11(9-14)10-16-17-13-7-5-12(15)6-8-13/h2-10,17H,1H3/b16-10-. The molecule has 18 heavy (non-hydrogen) atoms. The van der Waals surface area contributed by atoms with Crippen molar-refractivity contribution in [2.24, 2.45) is 5.10 Å². The predicted molar refractivity (Wildman–Crippen MR) is 70.6 cm³/mol. The molecule has 2 aromatic rings. The van der Waals surface area contributed by atoms with Gasteiger partial charge in [0.2, 0.25) is 0 Å². The average Bonchev–Trinajstić information content (AvgIpc) is 2.41. The molecule has 1 N–H and O–H groups in total. The van der Waals surface area contributed by atoms with Crippen molar-refractivity contribution in [1.82, 2.24) is 0 Å². The maximum absolute atomic E-state index is 12.7. The van der Waals surface area contributed by atoms with Gasteiger partial charge in [-0.05, 0) is 42.0 Å². The molecule has 4 heteroatoms. The summed E-state index contributed by atoms with van der Waals surface area (Å²) in [5.74, 6) is 0.512. The lowest BCUT2D eigenvalue weighted by Gasteiger charge is -2.01. The molecule has 0 spiro atoms. The van der Waals surface area contributed by atoms with E-state index >= 15 is 0 Å². The molecule has 0 aliphatic rings. The summed E-state index contributed by atoms with van der Waals surface area (Å²) >= 11 is 0. The van der Waals surface area contributed by atoms with E-state index in [2.05, 4.69) is 10.5 Å². The van der Waals surface area contributed by atoms with Gasteiger partial charge in [-0.1, -0.05) is 12.1 Å². The van der Waals surface area contributed by atoms with Crippen molar-refractivity contribution in [2.75, 3.05) is 12.5 Å². The van der Waals surface area contributed by atoms with Crippen molar-refractivity contribution in [3.63, 3.8) is 0 Å². The van der Waals surface area contributed by atoms with Crippen LogP contribution in [0.5, 0.6) is 5.75 Å². The van der Waals surface area contributed by atoms with Gasteiger partial charge in [-0.3, -0.25) is 5.43 Å². The molecule has 0 unspecified atom stereocenters. The Bertz CT molecular complexity index is 538. The van der Waals surface area contributed by atoms with Gasteiger partial charge in [0, 0.05) is 0 Å². The molecule has 0 saturated heterocycles. The summed E-state index contributed by atoms with van der Waals surface area (Å²) in [6.45, 7) is 0. The number of nitrogens with zero attached hydrogens (tertiary/aromatic N) is 1. The third kappa shape index (κ3) is 3.31. The molecule has 0 atom stereocenters. The molecule has 0 bridgehead atoms. The number of hydrogen-bond donors (Lipinski definition) is 1. The first-order valence-corrected chi connectivity index (χ1v) is 5.46. The van der Waals surface area contributed by atoms with Gasteiger partial charge < -0.3 is 4.74 Å². The van der Waals surface area contributed by atoms with Crippen molar-refractivity contribution >= 4 is 11.9 Å². The second-order valence-electron chi connectivity index (χ2n) is 3.65. The van der Waals surface area contributed by atoms with Crippen LogP contribution in [0.25, 0.3) is 0 Å². The summed E-state index contributed by atoms with van der Waals surface area (Å²) in [7, 11) is 1.62. The molecule has 0 aromatic heterocycles. The molecule has 92 valence electrons. The van der Waals surface area contributed by atoms with Crippen LogP contribution in [0.15, 0.2) is 53.6 Å². The number of hydrazone groups is 1. The van der Waals surface area contributed by atoms with Crippen LogP contribution in [0.1, 0.15) is 5.56 Å². The lowest BCUT2D eigenvalue weighted by atomic mass is 10.2. The maximum Gasteiger partial charge on any atom is 0.123 e. The summed E-state index contributed by atoms with van der Waals surface area (Å²) in [4.78, 5) is 0. The number of hydrogen-bond acceptors (Lipinski definition) is 3. The molecule has 0 heterocycles. The fourth-order valence-corrected chi connectivity index (χ4v) is 1.43. The molecule has 2 aromatic carbocycles. The summed E-state index contributed by atoms with van der Waals surface area (Å²) in [6, 6.07) is 13.5. The zero-order valence-electron chi connectivity index (χ0n) is 9.93. The number of nitrogens with one attached hydrogen (secondary N) is 1. The zero-order valence-corrected chi connectivity index (χ0v) is 9.93.